The molecule has 2 heterocycles. The van der Waals surface area contributed by atoms with Crippen LogP contribution in [0.15, 0.2) is 72.9 Å². The number of carbonyl (C=O) groups is 2. The largest absolute Gasteiger partial charge is 0.330 e. The third-order valence-electron chi connectivity index (χ3n) is 6.82. The molecule has 0 atom stereocenters. The highest BCUT2D eigenvalue weighted by molar-refractivity contribution is 6.07. The first-order valence-corrected chi connectivity index (χ1v) is 13.2. The van der Waals surface area contributed by atoms with Crippen LogP contribution in [0.3, 0.4) is 0 Å². The Kier molecular flexibility index (Phi) is 7.93. The maximum atomic E-state index is 13.5. The van der Waals surface area contributed by atoms with Gasteiger partial charge in [0.15, 0.2) is 0 Å². The van der Waals surface area contributed by atoms with Crippen LogP contribution < -0.4 is 20.4 Å². The third kappa shape index (κ3) is 6.17. The molecule has 4 aromatic rings. The summed E-state index contributed by atoms with van der Waals surface area (Å²) < 4.78 is 13.1. The molecule has 41 heavy (non-hydrogen) atoms. The second-order valence-corrected chi connectivity index (χ2v) is 10.3. The van der Waals surface area contributed by atoms with Gasteiger partial charge in [0.2, 0.25) is 5.95 Å². The van der Waals surface area contributed by atoms with Crippen molar-refractivity contribution in [3.63, 3.8) is 0 Å². The minimum Gasteiger partial charge on any atom is -0.324 e. The lowest BCUT2D eigenvalue weighted by atomic mass is 10.1. The average Bonchev–Trinajstić information content (AvgIpc) is 2.97. The molecule has 0 radical (unpaired) electrons. The molecule has 9 nitrogen and oxygen atoms in total. The molecule has 1 aliphatic heterocycles. The number of carbonyl (C=O) groups excluding carboxylic acids is 2. The number of amides is 3. The Labute approximate surface area is 238 Å². The zero-order chi connectivity index (χ0) is 29.1. The maximum Gasteiger partial charge on any atom is 0.330 e. The van der Waals surface area contributed by atoms with Gasteiger partial charge in [-0.05, 0) is 74.1 Å². The molecule has 210 valence electrons. The van der Waals surface area contributed by atoms with E-state index in [4.69, 9.17) is 0 Å². The van der Waals surface area contributed by atoms with Gasteiger partial charge in [0.25, 0.3) is 5.91 Å². The molecule has 3 amide bonds. The second kappa shape index (κ2) is 11.7. The van der Waals surface area contributed by atoms with Gasteiger partial charge in [-0.2, -0.15) is 4.98 Å². The highest BCUT2D eigenvalue weighted by Gasteiger charge is 2.31. The Balaban J connectivity index is 1.34. The first-order valence-electron chi connectivity index (χ1n) is 13.2. The van der Waals surface area contributed by atoms with Crippen molar-refractivity contribution >= 4 is 40.8 Å². The molecule has 1 aromatic heterocycles. The first-order chi connectivity index (χ1) is 19.7. The smallest absolute Gasteiger partial charge is 0.324 e. The van der Waals surface area contributed by atoms with Crippen LogP contribution in [0, 0.1) is 6.92 Å². The molecule has 2 N–H and O–H groups in total. The number of anilines is 5. The number of alkyl halides is 1. The van der Waals surface area contributed by atoms with Gasteiger partial charge in [-0.1, -0.05) is 30.3 Å². The van der Waals surface area contributed by atoms with Gasteiger partial charge in [-0.3, -0.25) is 14.6 Å². The maximum absolute atomic E-state index is 13.5. The fourth-order valence-corrected chi connectivity index (χ4v) is 4.72. The van der Waals surface area contributed by atoms with E-state index in [0.717, 1.165) is 23.4 Å². The molecule has 0 aliphatic carbocycles. The van der Waals surface area contributed by atoms with Gasteiger partial charge in [-0.25, -0.2) is 14.2 Å². The summed E-state index contributed by atoms with van der Waals surface area (Å²) in [7, 11) is 5.73. The highest BCUT2D eigenvalue weighted by atomic mass is 19.1. The van der Waals surface area contributed by atoms with Crippen molar-refractivity contribution in [1.29, 1.82) is 0 Å². The van der Waals surface area contributed by atoms with Gasteiger partial charge >= 0.3 is 6.03 Å². The Bertz CT molecular complexity index is 1590. The number of hydrogen-bond donors (Lipinski definition) is 2. The number of aryl methyl sites for hydroxylation is 1. The van der Waals surface area contributed by atoms with Crippen LogP contribution in [0.5, 0.6) is 0 Å². The van der Waals surface area contributed by atoms with E-state index in [-0.39, 0.29) is 18.5 Å². The van der Waals surface area contributed by atoms with Crippen LogP contribution >= 0.6 is 0 Å². The van der Waals surface area contributed by atoms with Crippen LogP contribution in [0.25, 0.3) is 0 Å². The number of urea groups is 1. The molecular weight excluding hydrogens is 521 g/mol. The van der Waals surface area contributed by atoms with E-state index in [1.54, 1.807) is 48.5 Å². The molecule has 0 saturated heterocycles. The topological polar surface area (TPSA) is 93.7 Å². The normalized spacial score (nSPS) is 12.9. The molecule has 3 aromatic carbocycles. The lowest BCUT2D eigenvalue weighted by molar-refractivity contribution is 0.102. The monoisotopic (exact) mass is 553 g/mol. The van der Waals surface area contributed by atoms with Crippen molar-refractivity contribution in [1.82, 2.24) is 14.9 Å². The summed E-state index contributed by atoms with van der Waals surface area (Å²) in [5, 5.41) is 6.08. The van der Waals surface area contributed by atoms with E-state index in [2.05, 4.69) is 25.5 Å². The molecule has 5 rings (SSSR count). The number of rotatable bonds is 8. The Morgan fingerprint density at radius 3 is 2.51 bits per heavy atom. The zero-order valence-electron chi connectivity index (χ0n) is 23.5. The molecule has 0 saturated carbocycles. The Morgan fingerprint density at radius 1 is 1.02 bits per heavy atom. The third-order valence-corrected chi connectivity index (χ3v) is 6.82. The molecular formula is C31H32FN7O2. The van der Waals surface area contributed by atoms with Gasteiger partial charge in [0.1, 0.15) is 12.5 Å². The predicted octanol–water partition coefficient (Wildman–Crippen LogP) is 5.89. The molecule has 0 bridgehead atoms. The van der Waals surface area contributed by atoms with E-state index < -0.39 is 6.67 Å². The summed E-state index contributed by atoms with van der Waals surface area (Å²) in [6.07, 6.45) is 1.72. The van der Waals surface area contributed by atoms with Gasteiger partial charge in [0.05, 0.1) is 12.2 Å². The van der Waals surface area contributed by atoms with E-state index in [9.17, 15) is 14.0 Å². The zero-order valence-corrected chi connectivity index (χ0v) is 23.5. The molecule has 10 heteroatoms. The van der Waals surface area contributed by atoms with Crippen LogP contribution in [0.1, 0.15) is 32.6 Å². The van der Waals surface area contributed by atoms with E-state index >= 15 is 0 Å². The minimum atomic E-state index is -0.646. The van der Waals surface area contributed by atoms with Gasteiger partial charge in [-0.15, -0.1) is 0 Å². The van der Waals surface area contributed by atoms with E-state index in [0.29, 0.717) is 34.3 Å². The van der Waals surface area contributed by atoms with E-state index in [1.807, 2.05) is 51.4 Å². The molecule has 1 aliphatic rings. The van der Waals surface area contributed by atoms with Gasteiger partial charge in [0, 0.05) is 42.3 Å². The standard InChI is InChI=1S/C31H32FN7O2/c1-20-8-11-26(34-29(40)23-7-5-6-22(14-23)16-32)15-27(20)39-19-24-17-33-30(36-28(24)38(4)31(39)41)35-25-12-9-21(10-13-25)18-37(2)3/h5-15,17H,16,18-19H2,1-4H3,(H,34,40)(H,33,35,36). The van der Waals surface area contributed by atoms with Crippen LogP contribution in [0.4, 0.5) is 38.0 Å². The second-order valence-electron chi connectivity index (χ2n) is 10.3. The van der Waals surface area contributed by atoms with Crippen LogP contribution in [-0.2, 0) is 19.8 Å². The van der Waals surface area contributed by atoms with Gasteiger partial charge < -0.3 is 15.5 Å². The number of halogens is 1. The van der Waals surface area contributed by atoms with Crippen molar-refractivity contribution in [2.75, 3.05) is 41.6 Å². The van der Waals surface area contributed by atoms with Crippen molar-refractivity contribution in [2.24, 2.45) is 0 Å². The Morgan fingerprint density at radius 2 is 1.78 bits per heavy atom. The Hall–Kier alpha value is -4.83. The molecule has 0 unspecified atom stereocenters. The first kappa shape index (κ1) is 27.7. The van der Waals surface area contributed by atoms with Crippen molar-refractivity contribution in [3.05, 3.63) is 101 Å². The van der Waals surface area contributed by atoms with Crippen molar-refractivity contribution in [2.45, 2.75) is 26.7 Å². The number of benzene rings is 3. The number of fused-ring (bicyclic) bond motifs is 1. The highest BCUT2D eigenvalue weighted by Crippen LogP contribution is 2.33. The van der Waals surface area contributed by atoms with Crippen molar-refractivity contribution < 1.29 is 14.0 Å². The summed E-state index contributed by atoms with van der Waals surface area (Å²) in [6.45, 7) is 2.38. The average molecular weight is 554 g/mol. The summed E-state index contributed by atoms with van der Waals surface area (Å²) in [6, 6.07) is 19.6. The number of hydrogen-bond acceptors (Lipinski definition) is 6. The molecule has 0 spiro atoms. The minimum absolute atomic E-state index is 0.252. The number of aromatic nitrogens is 2. The summed E-state index contributed by atoms with van der Waals surface area (Å²) in [5.74, 6) is 0.570. The van der Waals surface area contributed by atoms with Crippen LogP contribution in [-0.4, -0.2) is 47.9 Å². The predicted molar refractivity (Wildman–Crippen MR) is 160 cm³/mol. The SMILES string of the molecule is Cc1ccc(NC(=O)c2cccc(CF)c2)cc1N1Cc2cnc(Nc3ccc(CN(C)C)cc3)nc2N(C)C1=O. The summed E-state index contributed by atoms with van der Waals surface area (Å²) in [4.78, 5) is 40.7. The van der Waals surface area contributed by atoms with E-state index in [1.165, 1.54) is 16.5 Å². The lowest BCUT2D eigenvalue weighted by Crippen LogP contribution is -2.46. The fraction of sp³-hybridized carbons (Fsp3) is 0.226. The lowest BCUT2D eigenvalue weighted by Gasteiger charge is -2.35. The van der Waals surface area contributed by atoms with Crippen molar-refractivity contribution in [3.8, 4) is 0 Å². The fourth-order valence-electron chi connectivity index (χ4n) is 4.72. The summed E-state index contributed by atoms with van der Waals surface area (Å²) in [5.41, 5.74) is 5.67. The summed E-state index contributed by atoms with van der Waals surface area (Å²) >= 11 is 0. The quantitative estimate of drug-likeness (QED) is 0.283. The number of nitrogens with zero attached hydrogens (tertiary/aromatic N) is 5. The molecule has 0 fully saturated rings. The van der Waals surface area contributed by atoms with Crippen LogP contribution in [0.2, 0.25) is 0 Å². The number of nitrogens with one attached hydrogen (secondary N) is 2.